The molecule has 0 saturated heterocycles. The topological polar surface area (TPSA) is 50.2 Å². The van der Waals surface area contributed by atoms with Gasteiger partial charge in [0.05, 0.1) is 5.92 Å². The molecular formula is C18H17NO2S2. The second kappa shape index (κ2) is 5.42. The van der Waals surface area contributed by atoms with Gasteiger partial charge in [0.25, 0.3) is 0 Å². The van der Waals surface area contributed by atoms with Crippen LogP contribution in [-0.2, 0) is 17.6 Å². The van der Waals surface area contributed by atoms with Gasteiger partial charge in [-0.15, -0.1) is 22.7 Å². The summed E-state index contributed by atoms with van der Waals surface area (Å²) in [5.74, 6) is -1.35. The second-order valence-electron chi connectivity index (χ2n) is 6.06. The summed E-state index contributed by atoms with van der Waals surface area (Å²) in [6, 6.07) is 4.12. The maximum absolute atomic E-state index is 11.7. The minimum absolute atomic E-state index is 0.555. The number of carboxylic acids is 1. The normalized spacial score (nSPS) is 15.0. The van der Waals surface area contributed by atoms with E-state index < -0.39 is 11.9 Å². The molecule has 3 aromatic heterocycles. The quantitative estimate of drug-likeness (QED) is 0.727. The number of nitrogens with zero attached hydrogens (tertiary/aromatic N) is 1. The number of aryl methyl sites for hydroxylation is 3. The number of hydrogen-bond donors (Lipinski definition) is 1. The number of fused-ring (bicyclic) bond motifs is 3. The number of hydrogen-bond acceptors (Lipinski definition) is 4. The second-order valence-corrected chi connectivity index (χ2v) is 8.09. The highest BCUT2D eigenvalue weighted by Crippen LogP contribution is 2.46. The summed E-state index contributed by atoms with van der Waals surface area (Å²) in [5.41, 5.74) is 4.23. The Hall–Kier alpha value is -1.72. The molecule has 3 heterocycles. The molecule has 23 heavy (non-hydrogen) atoms. The van der Waals surface area contributed by atoms with E-state index in [1.807, 2.05) is 13.0 Å². The van der Waals surface area contributed by atoms with E-state index in [0.29, 0.717) is 0 Å². The smallest absolute Gasteiger partial charge is 0.310 e. The van der Waals surface area contributed by atoms with Gasteiger partial charge in [0.1, 0.15) is 4.83 Å². The van der Waals surface area contributed by atoms with E-state index in [1.165, 1.54) is 22.2 Å². The van der Waals surface area contributed by atoms with Crippen molar-refractivity contribution < 1.29 is 9.90 Å². The molecule has 1 N–H and O–H groups in total. The molecule has 0 aliphatic heterocycles. The molecule has 1 aliphatic rings. The van der Waals surface area contributed by atoms with Gasteiger partial charge in [0.15, 0.2) is 0 Å². The van der Waals surface area contributed by atoms with Crippen LogP contribution in [0.25, 0.3) is 20.7 Å². The van der Waals surface area contributed by atoms with E-state index >= 15 is 0 Å². The van der Waals surface area contributed by atoms with Crippen LogP contribution < -0.4 is 0 Å². The van der Waals surface area contributed by atoms with Gasteiger partial charge in [0.2, 0.25) is 0 Å². The van der Waals surface area contributed by atoms with E-state index in [2.05, 4.69) is 11.4 Å². The minimum Gasteiger partial charge on any atom is -0.481 e. The predicted octanol–water partition coefficient (Wildman–Crippen LogP) is 5.01. The van der Waals surface area contributed by atoms with E-state index in [4.69, 9.17) is 4.98 Å². The number of aliphatic carboxylic acids is 1. The van der Waals surface area contributed by atoms with Crippen LogP contribution in [0, 0.1) is 6.92 Å². The molecule has 0 spiro atoms. The fraction of sp³-hybridized carbons (Fsp3) is 0.333. The van der Waals surface area contributed by atoms with Crippen LogP contribution in [0.15, 0.2) is 17.5 Å². The van der Waals surface area contributed by atoms with E-state index in [0.717, 1.165) is 39.4 Å². The van der Waals surface area contributed by atoms with Crippen LogP contribution in [0.5, 0.6) is 0 Å². The SMILES string of the molecule is Cc1nc2sc3c(c2c(-c2cccs2)c1C(C)C(=O)O)CCC3. The summed E-state index contributed by atoms with van der Waals surface area (Å²) in [6.45, 7) is 3.71. The molecule has 0 fully saturated rings. The van der Waals surface area contributed by atoms with Gasteiger partial charge in [-0.1, -0.05) is 6.07 Å². The molecule has 3 nitrogen and oxygen atoms in total. The van der Waals surface area contributed by atoms with Crippen LogP contribution in [-0.4, -0.2) is 16.1 Å². The number of thiophene rings is 2. The zero-order valence-electron chi connectivity index (χ0n) is 13.0. The van der Waals surface area contributed by atoms with E-state index in [9.17, 15) is 9.90 Å². The first-order valence-corrected chi connectivity index (χ1v) is 9.49. The van der Waals surface area contributed by atoms with E-state index in [-0.39, 0.29) is 0 Å². The third kappa shape index (κ3) is 2.22. The lowest BCUT2D eigenvalue weighted by Crippen LogP contribution is -2.11. The van der Waals surface area contributed by atoms with Crippen molar-refractivity contribution in [3.8, 4) is 10.4 Å². The fourth-order valence-electron chi connectivity index (χ4n) is 3.58. The van der Waals surface area contributed by atoms with Gasteiger partial charge in [0, 0.05) is 26.4 Å². The number of rotatable bonds is 3. The lowest BCUT2D eigenvalue weighted by atomic mass is 9.90. The highest BCUT2D eigenvalue weighted by Gasteiger charge is 2.28. The van der Waals surface area contributed by atoms with E-state index in [1.54, 1.807) is 29.6 Å². The first kappa shape index (κ1) is 14.8. The molecule has 1 unspecified atom stereocenters. The fourth-order valence-corrected chi connectivity index (χ4v) is 5.69. The standard InChI is InChI=1S/C18H17NO2S2/c1-9(18(20)21)14-10(2)19-17-15(11-5-3-6-12(11)23-17)16(14)13-7-4-8-22-13/h4,7-9H,3,5-6H2,1-2H3,(H,20,21). The van der Waals surface area contributed by atoms with Gasteiger partial charge in [-0.05, 0) is 55.7 Å². The van der Waals surface area contributed by atoms with Crippen molar-refractivity contribution >= 4 is 38.9 Å². The number of pyridine rings is 1. The summed E-state index contributed by atoms with van der Waals surface area (Å²) in [4.78, 5) is 20.1. The van der Waals surface area contributed by atoms with Crippen LogP contribution in [0.4, 0.5) is 0 Å². The minimum atomic E-state index is -0.793. The van der Waals surface area contributed by atoms with Gasteiger partial charge < -0.3 is 5.11 Å². The van der Waals surface area contributed by atoms with Gasteiger partial charge in [-0.25, -0.2) is 4.98 Å². The molecule has 3 aromatic rings. The zero-order chi connectivity index (χ0) is 16.1. The van der Waals surface area contributed by atoms with Crippen LogP contribution in [0.3, 0.4) is 0 Å². The van der Waals surface area contributed by atoms with Crippen molar-refractivity contribution in [3.05, 3.63) is 39.2 Å². The summed E-state index contributed by atoms with van der Waals surface area (Å²) >= 11 is 3.46. The summed E-state index contributed by atoms with van der Waals surface area (Å²) in [6.07, 6.45) is 3.40. The molecule has 4 rings (SSSR count). The lowest BCUT2D eigenvalue weighted by Gasteiger charge is -2.17. The maximum atomic E-state index is 11.7. The van der Waals surface area contributed by atoms with Gasteiger partial charge >= 0.3 is 5.97 Å². The Morgan fingerprint density at radius 2 is 2.22 bits per heavy atom. The van der Waals surface area contributed by atoms with Crippen LogP contribution >= 0.6 is 22.7 Å². The molecule has 0 amide bonds. The average Bonchev–Trinajstić information content (AvgIpc) is 3.21. The highest BCUT2D eigenvalue weighted by atomic mass is 32.1. The predicted molar refractivity (Wildman–Crippen MR) is 95.7 cm³/mol. The monoisotopic (exact) mass is 343 g/mol. The van der Waals surface area contributed by atoms with Crippen molar-refractivity contribution in [2.75, 3.05) is 0 Å². The van der Waals surface area contributed by atoms with Crippen molar-refractivity contribution in [2.24, 2.45) is 0 Å². The third-order valence-corrected chi connectivity index (χ3v) is 6.73. The molecule has 0 bridgehead atoms. The number of aromatic nitrogens is 1. The zero-order valence-corrected chi connectivity index (χ0v) is 14.7. The van der Waals surface area contributed by atoms with Crippen LogP contribution in [0.1, 0.15) is 41.0 Å². The van der Waals surface area contributed by atoms with Crippen LogP contribution in [0.2, 0.25) is 0 Å². The first-order chi connectivity index (χ1) is 11.1. The number of carbonyl (C=O) groups is 1. The molecule has 0 aromatic carbocycles. The first-order valence-electron chi connectivity index (χ1n) is 7.79. The maximum Gasteiger partial charge on any atom is 0.310 e. The molecule has 5 heteroatoms. The lowest BCUT2D eigenvalue weighted by molar-refractivity contribution is -0.138. The van der Waals surface area contributed by atoms with Gasteiger partial charge in [-0.2, -0.15) is 0 Å². The Kier molecular flexibility index (Phi) is 3.50. The summed E-state index contributed by atoms with van der Waals surface area (Å²) < 4.78 is 0. The van der Waals surface area contributed by atoms with Crippen molar-refractivity contribution in [1.82, 2.24) is 4.98 Å². The summed E-state index contributed by atoms with van der Waals surface area (Å²) in [5, 5.41) is 12.8. The third-order valence-electron chi connectivity index (χ3n) is 4.65. The Balaban J connectivity index is 2.14. The van der Waals surface area contributed by atoms with Crippen molar-refractivity contribution in [3.63, 3.8) is 0 Å². The molecule has 0 radical (unpaired) electrons. The van der Waals surface area contributed by atoms with Crippen molar-refractivity contribution in [1.29, 1.82) is 0 Å². The molecule has 1 atom stereocenters. The largest absolute Gasteiger partial charge is 0.481 e. The van der Waals surface area contributed by atoms with Crippen molar-refractivity contribution in [2.45, 2.75) is 39.0 Å². The molecule has 1 aliphatic carbocycles. The summed E-state index contributed by atoms with van der Waals surface area (Å²) in [7, 11) is 0. The Labute approximate surface area is 142 Å². The Morgan fingerprint density at radius 3 is 2.91 bits per heavy atom. The number of carboxylic acid groups (broad SMARTS) is 1. The Morgan fingerprint density at radius 1 is 1.39 bits per heavy atom. The average molecular weight is 343 g/mol. The van der Waals surface area contributed by atoms with Gasteiger partial charge in [-0.3, -0.25) is 4.79 Å². The molecule has 0 saturated carbocycles. The highest BCUT2D eigenvalue weighted by molar-refractivity contribution is 7.19. The molecular weight excluding hydrogens is 326 g/mol. The Bertz CT molecular complexity index is 909. The molecule has 118 valence electrons.